The monoisotopic (exact) mass is 1290 g/mol. The second-order valence-corrected chi connectivity index (χ2v) is 26.3. The summed E-state index contributed by atoms with van der Waals surface area (Å²) in [5.41, 5.74) is 14.4. The van der Waals surface area contributed by atoms with Gasteiger partial charge in [0.05, 0.1) is 23.6 Å². The van der Waals surface area contributed by atoms with Gasteiger partial charge in [-0.1, -0.05) is 32.7 Å². The summed E-state index contributed by atoms with van der Waals surface area (Å²) in [5, 5.41) is 32.6. The first kappa shape index (κ1) is 67.0. The van der Waals surface area contributed by atoms with E-state index in [2.05, 4.69) is 118 Å². The lowest BCUT2D eigenvalue weighted by Gasteiger charge is -2.36. The maximum absolute atomic E-state index is 12.9. The fraction of sp³-hybridized carbons (Fsp3) is 0.446. The number of nitrogens with one attached hydrogen (secondary N) is 3. The molecule has 2 aliphatic heterocycles. The van der Waals surface area contributed by atoms with Gasteiger partial charge >= 0.3 is 12.4 Å². The molecule has 6 aromatic heterocycles. The van der Waals surface area contributed by atoms with E-state index >= 15 is 0 Å². The Hall–Kier alpha value is -7.45. The number of aromatic nitrogens is 6. The third kappa shape index (κ3) is 16.4. The van der Waals surface area contributed by atoms with E-state index in [0.29, 0.717) is 61.3 Å². The number of allylic oxidation sites excluding steroid dienone is 1. The van der Waals surface area contributed by atoms with Crippen molar-refractivity contribution in [2.45, 2.75) is 148 Å². The summed E-state index contributed by atoms with van der Waals surface area (Å²) in [4.78, 5) is 44.6. The van der Waals surface area contributed by atoms with Gasteiger partial charge in [-0.15, -0.1) is 22.7 Å². The number of amides is 1. The minimum atomic E-state index is -4.26. The van der Waals surface area contributed by atoms with Crippen LogP contribution in [0.4, 0.5) is 38.0 Å². The van der Waals surface area contributed by atoms with Gasteiger partial charge in [-0.25, -0.2) is 19.9 Å². The van der Waals surface area contributed by atoms with E-state index in [-0.39, 0.29) is 41.2 Å². The Morgan fingerprint density at radius 1 is 0.656 bits per heavy atom. The predicted octanol–water partition coefficient (Wildman–Crippen LogP) is 13.4. The molecule has 4 aliphatic rings. The average Bonchev–Trinajstić information content (AvgIpc) is 1.65. The number of nitriles is 2. The molecular weight excluding hydrogens is 1220 g/mol. The van der Waals surface area contributed by atoms with E-state index in [1.807, 2.05) is 12.1 Å². The number of rotatable bonds is 17. The lowest BCUT2D eigenvalue weighted by Crippen LogP contribution is -2.44. The number of aryl methyl sites for hydroxylation is 2. The molecule has 476 valence electrons. The lowest BCUT2D eigenvalue weighted by atomic mass is 9.80. The quantitative estimate of drug-likeness (QED) is 0.0380. The minimum absolute atomic E-state index is 0. The number of hydrogen-bond acceptors (Lipinski definition) is 15. The number of fused-ring (bicyclic) bond motifs is 4. The van der Waals surface area contributed by atoms with Crippen LogP contribution in [0.1, 0.15) is 102 Å². The topological polar surface area (TPSA) is 212 Å². The molecule has 0 unspecified atom stereocenters. The van der Waals surface area contributed by atoms with Crippen LogP contribution in [0.5, 0.6) is 0 Å². The van der Waals surface area contributed by atoms with E-state index in [0.717, 1.165) is 154 Å². The maximum Gasteiger partial charge on any atom is 0.393 e. The van der Waals surface area contributed by atoms with Crippen LogP contribution in [0.3, 0.4) is 0 Å². The van der Waals surface area contributed by atoms with Crippen molar-refractivity contribution in [3.05, 3.63) is 130 Å². The highest BCUT2D eigenvalue weighted by molar-refractivity contribution is 7.19. The van der Waals surface area contributed by atoms with Crippen molar-refractivity contribution in [1.82, 2.24) is 44.2 Å². The fourth-order valence-corrected chi connectivity index (χ4v) is 14.7. The highest BCUT2D eigenvalue weighted by Gasteiger charge is 2.34. The highest BCUT2D eigenvalue weighted by Crippen LogP contribution is 2.38. The van der Waals surface area contributed by atoms with Gasteiger partial charge in [-0.2, -0.15) is 36.9 Å². The van der Waals surface area contributed by atoms with E-state index in [1.54, 1.807) is 12.1 Å². The molecule has 0 bridgehead atoms. The molecule has 2 saturated carbocycles. The third-order valence-electron chi connectivity index (χ3n) is 17.4. The summed E-state index contributed by atoms with van der Waals surface area (Å²) in [6.07, 6.45) is 2.14. The van der Waals surface area contributed by atoms with Gasteiger partial charge in [-0.05, 0) is 159 Å². The molecule has 5 N–H and O–H groups in total. The van der Waals surface area contributed by atoms with Crippen molar-refractivity contribution in [2.75, 3.05) is 36.8 Å². The molecule has 8 aromatic rings. The molecule has 1 amide bonds. The molecule has 90 heavy (non-hydrogen) atoms. The van der Waals surface area contributed by atoms with Crippen molar-refractivity contribution in [1.29, 1.82) is 10.5 Å². The van der Waals surface area contributed by atoms with Crippen molar-refractivity contribution < 1.29 is 35.9 Å². The van der Waals surface area contributed by atoms with Gasteiger partial charge in [0.2, 0.25) is 11.1 Å². The smallest absolute Gasteiger partial charge is 0.367 e. The number of alkyl halides is 6. The molecule has 0 radical (unpaired) electrons. The summed E-state index contributed by atoms with van der Waals surface area (Å²) >= 11 is 6.84. The second-order valence-electron chi connectivity index (χ2n) is 23.7. The number of thiophene rings is 2. The summed E-state index contributed by atoms with van der Waals surface area (Å²) in [7, 11) is 0. The van der Waals surface area contributed by atoms with Gasteiger partial charge in [0, 0.05) is 108 Å². The maximum atomic E-state index is 12.9. The molecule has 2 saturated heterocycles. The van der Waals surface area contributed by atoms with Gasteiger partial charge < -0.3 is 30.8 Å². The molecule has 0 atom stereocenters. The fourth-order valence-electron chi connectivity index (χ4n) is 12.6. The van der Waals surface area contributed by atoms with Crippen LogP contribution in [-0.2, 0) is 48.6 Å². The average molecular weight is 1300 g/mol. The van der Waals surface area contributed by atoms with Crippen molar-refractivity contribution in [3.8, 4) is 12.1 Å². The molecule has 2 aromatic carbocycles. The van der Waals surface area contributed by atoms with Crippen LogP contribution in [0.25, 0.3) is 42.2 Å². The molecule has 8 heterocycles. The molecule has 25 heteroatoms. The minimum Gasteiger partial charge on any atom is -0.367 e. The van der Waals surface area contributed by atoms with Crippen molar-refractivity contribution in [2.24, 2.45) is 17.6 Å². The molecule has 0 spiro atoms. The Labute approximate surface area is 531 Å². The van der Waals surface area contributed by atoms with Crippen molar-refractivity contribution >= 4 is 99.3 Å². The first-order valence-electron chi connectivity index (χ1n) is 29.7. The summed E-state index contributed by atoms with van der Waals surface area (Å²) < 4.78 is 81.6. The van der Waals surface area contributed by atoms with Crippen LogP contribution in [-0.4, -0.2) is 113 Å². The largest absolute Gasteiger partial charge is 0.393 e. The Bertz CT molecular complexity index is 3980. The number of nitrogens with two attached hydrogens (primary N) is 1. The first-order valence-corrected chi connectivity index (χ1v) is 31.7. The Morgan fingerprint density at radius 3 is 1.43 bits per heavy atom. The van der Waals surface area contributed by atoms with E-state index in [4.69, 9.17) is 17.3 Å². The Kier molecular flexibility index (Phi) is 21.4. The van der Waals surface area contributed by atoms with Crippen LogP contribution in [0.15, 0.2) is 86.5 Å². The highest BCUT2D eigenvalue weighted by atomic mass is 35.5. The number of piperidine rings is 2. The van der Waals surface area contributed by atoms with Crippen LogP contribution < -0.4 is 21.7 Å². The third-order valence-corrected chi connectivity index (χ3v) is 19.6. The number of likely N-dealkylation sites (tertiary alicyclic amines) is 2. The van der Waals surface area contributed by atoms with Gasteiger partial charge in [-0.3, -0.25) is 19.4 Å². The molecule has 16 nitrogen and oxygen atoms in total. The Balaban J connectivity index is 0.000000197. The summed E-state index contributed by atoms with van der Waals surface area (Å²) in [5.74, 6) is 2.00. The summed E-state index contributed by atoms with van der Waals surface area (Å²) in [6.45, 7) is 17.6. The van der Waals surface area contributed by atoms with Crippen LogP contribution in [0, 0.1) is 48.3 Å². The number of anilines is 2. The Morgan fingerprint density at radius 2 is 1.07 bits per heavy atom. The molecule has 4 fully saturated rings. The zero-order valence-electron chi connectivity index (χ0n) is 49.4. The number of carbonyl (C=O) groups excluding carboxylic acids is 2. The number of carbonyl (C=O) groups is 2. The first-order chi connectivity index (χ1) is 42.5. The zero-order chi connectivity index (χ0) is 63.3. The van der Waals surface area contributed by atoms with Crippen LogP contribution >= 0.6 is 34.3 Å². The molecule has 2 aliphatic carbocycles. The van der Waals surface area contributed by atoms with E-state index in [1.165, 1.54) is 41.0 Å². The summed E-state index contributed by atoms with van der Waals surface area (Å²) in [6, 6.07) is 21.3. The standard InChI is InChI=1S/C32H34F3N7OS.C29H32F3N7S.C3H3ClO.CH4/c1-3-29(43)39-23-10-20(11-23)16-42-24(15-36)12-26-19(2)21(4-5-28(26)42)17-41-8-6-22(7-9-41)40-30-27-13-25(14-32(33,34)35)44-31(27)38-18-37-30;1-17-19(2-3-26-24(17)10-22(13-33)39(26)14-18-8-20(34)9-18)15-38-6-4-21(5-7-38)37-27-25-11-23(12-29(30,31)32)40-28(25)36-16-35-27;1-2-3(4)5;/h3-5,12-13,18,20,22-23H,1,6-11,14,16-17H2,2H3,(H,39,43)(H,37,38,40);2-3,10-11,16,18,20-21H,4-9,12,14-15,34H2,1H3,(H,35,36,37);2H,1H2;1H4. The van der Waals surface area contributed by atoms with Gasteiger partial charge in [0.25, 0.3) is 0 Å². The van der Waals surface area contributed by atoms with Crippen LogP contribution in [0.2, 0.25) is 0 Å². The van der Waals surface area contributed by atoms with E-state index < -0.39 is 30.4 Å². The number of nitrogens with zero attached hydrogens (tertiary/aromatic N) is 10. The number of hydrogen-bond donors (Lipinski definition) is 4. The molecule has 12 rings (SSSR count). The second kappa shape index (κ2) is 28.8. The van der Waals surface area contributed by atoms with Gasteiger partial charge in [0.15, 0.2) is 0 Å². The van der Waals surface area contributed by atoms with E-state index in [9.17, 15) is 46.5 Å². The van der Waals surface area contributed by atoms with Crippen molar-refractivity contribution in [3.63, 3.8) is 0 Å². The predicted molar refractivity (Wildman–Crippen MR) is 344 cm³/mol. The van der Waals surface area contributed by atoms with Gasteiger partial charge in [0.1, 0.15) is 57.5 Å². The SMILES string of the molecule is C.C=CC(=O)Cl.C=CC(=O)NC1CC(Cn2c(C#N)cc3c(C)c(CN4CCC(Nc5ncnc6sc(CC(F)(F)F)cc56)CC4)ccc32)C1.Cc1c(CN2CCC(Nc3ncnc4sc(CC(F)(F)F)cc34)CC2)ccc2c1cc(C#N)n2CC1CC(N)C1. The lowest BCUT2D eigenvalue weighted by molar-refractivity contribution is -0.127. The zero-order valence-corrected chi connectivity index (χ0v) is 51.8. The number of benzene rings is 2. The number of halogens is 7. The normalized spacial score (nSPS) is 19.1. The molecular formula is C65H73ClF6N14O2S2.